The minimum atomic E-state index is -1.12. The van der Waals surface area contributed by atoms with Gasteiger partial charge in [-0.15, -0.1) is 0 Å². The Morgan fingerprint density at radius 1 is 0.485 bits per heavy atom. The third-order valence-electron chi connectivity index (χ3n) is 11.7. The molecule has 0 saturated carbocycles. The molecule has 0 heterocycles. The average Bonchev–Trinajstić information content (AvgIpc) is 3.37. The summed E-state index contributed by atoms with van der Waals surface area (Å²) in [6.45, 7) is 14.1. The molecule has 0 aliphatic heterocycles. The van der Waals surface area contributed by atoms with E-state index in [0.717, 1.165) is 74.6 Å². The first kappa shape index (κ1) is 53.9. The van der Waals surface area contributed by atoms with Gasteiger partial charge < -0.3 is 54.6 Å². The van der Waals surface area contributed by atoms with E-state index in [1.54, 1.807) is 92.0 Å². The summed E-state index contributed by atoms with van der Waals surface area (Å²) in [5.41, 5.74) is 5.39. The van der Waals surface area contributed by atoms with Crippen molar-refractivity contribution in [1.29, 1.82) is 0 Å². The van der Waals surface area contributed by atoms with Gasteiger partial charge in [0.25, 0.3) is 0 Å². The number of phenols is 3. The molecule has 3 unspecified atom stereocenters. The molecule has 0 radical (unpaired) electrons. The van der Waals surface area contributed by atoms with Crippen LogP contribution in [-0.2, 0) is 4.74 Å². The largest absolute Gasteiger partial charge is 0.507 e. The van der Waals surface area contributed by atoms with Crippen molar-refractivity contribution in [3.63, 3.8) is 0 Å². The quantitative estimate of drug-likeness (QED) is 0.0317. The Balaban J connectivity index is 0.000000230. The van der Waals surface area contributed by atoms with Crippen molar-refractivity contribution >= 4 is 17.3 Å². The van der Waals surface area contributed by atoms with Crippen LogP contribution in [0.5, 0.6) is 28.7 Å². The molecule has 0 aromatic heterocycles. The molecule has 12 heteroatoms. The number of aliphatic hydroxyl groups is 3. The fraction of sp³-hybridized carbons (Fsp3) is 0.339. The molecule has 0 aliphatic rings. The van der Waals surface area contributed by atoms with Crippen LogP contribution in [0.25, 0.3) is 0 Å². The van der Waals surface area contributed by atoms with Crippen LogP contribution < -0.4 is 19.3 Å². The van der Waals surface area contributed by atoms with Gasteiger partial charge in [-0.3, -0.25) is 0 Å². The number of nitrogens with zero attached hydrogens (tertiary/aromatic N) is 2. The third kappa shape index (κ3) is 14.9. The highest BCUT2D eigenvalue weighted by Gasteiger charge is 2.23. The summed E-state index contributed by atoms with van der Waals surface area (Å²) in [6.07, 6.45) is 1.29. The molecular formula is C56H70N2O10. The number of ether oxygens (including phenoxy) is 3. The highest BCUT2D eigenvalue weighted by molar-refractivity contribution is 5.91. The molecule has 0 aliphatic carbocycles. The maximum atomic E-state index is 12.5. The summed E-state index contributed by atoms with van der Waals surface area (Å²) < 4.78 is 15.5. The average molecular weight is 931 g/mol. The number of aliphatic hydroxyl groups excluding tert-OH is 3. The monoisotopic (exact) mass is 931 g/mol. The van der Waals surface area contributed by atoms with Crippen molar-refractivity contribution < 1.29 is 49.6 Å². The van der Waals surface area contributed by atoms with E-state index in [9.17, 15) is 35.4 Å². The number of unbranched alkanes of at least 4 members (excludes halogenated alkanes) is 3. The number of methoxy groups -OCH3 is 2. The molecular weight excluding hydrogens is 861 g/mol. The number of aromatic hydroxyl groups is 3. The van der Waals surface area contributed by atoms with Crippen LogP contribution in [0.4, 0.5) is 11.4 Å². The summed E-state index contributed by atoms with van der Waals surface area (Å²) in [5.74, 6) is 0.983. The third-order valence-corrected chi connectivity index (χ3v) is 11.7. The van der Waals surface area contributed by atoms with E-state index in [4.69, 9.17) is 14.2 Å². The van der Waals surface area contributed by atoms with Crippen LogP contribution in [-0.4, -0.2) is 83.6 Å². The van der Waals surface area contributed by atoms with E-state index in [1.165, 1.54) is 13.2 Å². The topological polar surface area (TPSA) is 173 Å². The molecule has 68 heavy (non-hydrogen) atoms. The number of carbonyl (C=O) groups excluding carboxylic acids is 1. The molecule has 0 amide bonds. The van der Waals surface area contributed by atoms with Gasteiger partial charge in [-0.1, -0.05) is 99.0 Å². The zero-order valence-corrected chi connectivity index (χ0v) is 40.5. The maximum absolute atomic E-state index is 12.5. The second-order valence-corrected chi connectivity index (χ2v) is 15.9. The summed E-state index contributed by atoms with van der Waals surface area (Å²) >= 11 is 0. The standard InChI is InChI=1S/C24H33NO4.C18H23NO3.C14H14O3/c1-4-7-8-11-16-29-24(28)20-13-10-9-12-19(20)23(27)21-15-14-18(17-22(21)26)25(5-2)6-3;1-4-19(5-2)14-8-11-16(17(20)12-14)18(21)13-6-9-15(22-3)10-7-13;1-17-11-7-8-12(13(15)9-11)14(16)10-5-3-2-4-6-10/h9-10,12-15,17,23,26-27H,4-8,11,16H2,1-3H3;6-12,18,20-21H,4-5H2,1-3H3;2-9,14-16H,1H3. The van der Waals surface area contributed by atoms with Gasteiger partial charge in [0.1, 0.15) is 47.1 Å². The Morgan fingerprint density at radius 3 is 1.43 bits per heavy atom. The van der Waals surface area contributed by atoms with Crippen LogP contribution >= 0.6 is 0 Å². The first-order valence-corrected chi connectivity index (χ1v) is 23.4. The van der Waals surface area contributed by atoms with E-state index < -0.39 is 24.3 Å². The zero-order valence-electron chi connectivity index (χ0n) is 40.5. The smallest absolute Gasteiger partial charge is 0.338 e. The second kappa shape index (κ2) is 27.8. The van der Waals surface area contributed by atoms with E-state index in [-0.39, 0.29) is 17.2 Å². The SMILES string of the molecule is CCCCCCOC(=O)c1ccccc1C(O)c1ccc(N(CC)CC)cc1O.CCN(CC)c1ccc(C(O)c2ccc(OC)cc2)c(O)c1.COc1ccc(C(O)c2ccccc2)c(O)c1. The lowest BCUT2D eigenvalue weighted by atomic mass is 9.96. The molecule has 0 spiro atoms. The summed E-state index contributed by atoms with van der Waals surface area (Å²) in [7, 11) is 3.13. The molecule has 12 nitrogen and oxygen atoms in total. The normalized spacial score (nSPS) is 12.0. The number of phenolic OH excluding ortho intramolecular Hbond substituents is 3. The summed E-state index contributed by atoms with van der Waals surface area (Å²) in [6, 6.07) is 38.7. The van der Waals surface area contributed by atoms with Crippen molar-refractivity contribution in [2.45, 2.75) is 78.6 Å². The van der Waals surface area contributed by atoms with Crippen molar-refractivity contribution in [1.82, 2.24) is 0 Å². The number of anilines is 2. The first-order chi connectivity index (χ1) is 32.8. The summed E-state index contributed by atoms with van der Waals surface area (Å²) in [5, 5.41) is 62.1. The van der Waals surface area contributed by atoms with Crippen molar-refractivity contribution in [2.24, 2.45) is 0 Å². The molecule has 3 atom stereocenters. The number of carbonyl (C=O) groups is 1. The molecule has 6 aromatic carbocycles. The molecule has 6 rings (SSSR count). The fourth-order valence-corrected chi connectivity index (χ4v) is 7.62. The molecule has 0 bridgehead atoms. The highest BCUT2D eigenvalue weighted by atomic mass is 16.5. The molecule has 0 fully saturated rings. The number of rotatable bonds is 20. The Morgan fingerprint density at radius 2 is 0.941 bits per heavy atom. The predicted octanol–water partition coefficient (Wildman–Crippen LogP) is 10.9. The second-order valence-electron chi connectivity index (χ2n) is 15.9. The van der Waals surface area contributed by atoms with Crippen molar-refractivity contribution in [3.05, 3.63) is 172 Å². The lowest BCUT2D eigenvalue weighted by Crippen LogP contribution is -2.21. The first-order valence-electron chi connectivity index (χ1n) is 23.4. The Kier molecular flexibility index (Phi) is 22.0. The van der Waals surface area contributed by atoms with Gasteiger partial charge in [0.05, 0.1) is 26.4 Å². The van der Waals surface area contributed by atoms with Gasteiger partial charge in [0, 0.05) is 72.4 Å². The minimum absolute atomic E-state index is 0.00429. The Hall–Kier alpha value is -6.73. The molecule has 364 valence electrons. The fourth-order valence-electron chi connectivity index (χ4n) is 7.62. The number of hydrogen-bond acceptors (Lipinski definition) is 12. The van der Waals surface area contributed by atoms with Crippen molar-refractivity contribution in [2.75, 3.05) is 56.8 Å². The molecule has 6 aromatic rings. The number of hydrogen-bond donors (Lipinski definition) is 6. The van der Waals surface area contributed by atoms with Gasteiger partial charge in [-0.05, 0) is 93.3 Å². The highest BCUT2D eigenvalue weighted by Crippen LogP contribution is 2.36. The van der Waals surface area contributed by atoms with Gasteiger partial charge in [0.2, 0.25) is 0 Å². The van der Waals surface area contributed by atoms with Gasteiger partial charge in [-0.25, -0.2) is 4.79 Å². The molecule has 6 N–H and O–H groups in total. The number of benzene rings is 6. The Bertz CT molecular complexity index is 2420. The molecule has 0 saturated heterocycles. The van der Waals surface area contributed by atoms with E-state index in [2.05, 4.69) is 30.6 Å². The van der Waals surface area contributed by atoms with Crippen LogP contribution in [0.15, 0.2) is 133 Å². The van der Waals surface area contributed by atoms with Crippen molar-refractivity contribution in [3.8, 4) is 28.7 Å². The van der Waals surface area contributed by atoms with Crippen LogP contribution in [0, 0.1) is 0 Å². The van der Waals surface area contributed by atoms with E-state index in [1.807, 2.05) is 56.3 Å². The van der Waals surface area contributed by atoms with E-state index >= 15 is 0 Å². The Labute approximate surface area is 402 Å². The number of esters is 1. The van der Waals surface area contributed by atoms with Gasteiger partial charge >= 0.3 is 5.97 Å². The lowest BCUT2D eigenvalue weighted by Gasteiger charge is -2.23. The van der Waals surface area contributed by atoms with E-state index in [0.29, 0.717) is 45.7 Å². The van der Waals surface area contributed by atoms with Crippen LogP contribution in [0.2, 0.25) is 0 Å². The summed E-state index contributed by atoms with van der Waals surface area (Å²) in [4.78, 5) is 16.8. The minimum Gasteiger partial charge on any atom is -0.507 e. The zero-order chi connectivity index (χ0) is 49.6. The van der Waals surface area contributed by atoms with Crippen LogP contribution in [0.1, 0.15) is 122 Å². The van der Waals surface area contributed by atoms with Gasteiger partial charge in [-0.2, -0.15) is 0 Å². The predicted molar refractivity (Wildman–Crippen MR) is 270 cm³/mol. The van der Waals surface area contributed by atoms with Gasteiger partial charge in [0.15, 0.2) is 0 Å². The van der Waals surface area contributed by atoms with Crippen LogP contribution in [0.3, 0.4) is 0 Å². The maximum Gasteiger partial charge on any atom is 0.338 e. The lowest BCUT2D eigenvalue weighted by molar-refractivity contribution is 0.0492.